The summed E-state index contributed by atoms with van der Waals surface area (Å²) in [5.41, 5.74) is 0.447. The number of aliphatic carboxylic acids is 1. The standard InChI is InChI=1S/C19H23NO5/c1-12(2)24-10-14-13-6-4-5-7-15(13)25-16(14)17(21)20-9-8-19(3,11-20)18(22)23/h4-7,12H,8-11H2,1-3H3,(H,22,23)/t19-/m1/s1. The lowest BCUT2D eigenvalue weighted by Gasteiger charge is -2.19. The zero-order valence-electron chi connectivity index (χ0n) is 14.7. The number of benzene rings is 1. The maximum Gasteiger partial charge on any atom is 0.311 e. The number of hydrogen-bond donors (Lipinski definition) is 1. The number of fused-ring (bicyclic) bond motifs is 1. The zero-order chi connectivity index (χ0) is 18.2. The highest BCUT2D eigenvalue weighted by molar-refractivity contribution is 5.99. The molecule has 1 aliphatic rings. The van der Waals surface area contributed by atoms with Gasteiger partial charge < -0.3 is 19.2 Å². The zero-order valence-corrected chi connectivity index (χ0v) is 14.7. The number of amides is 1. The molecule has 0 unspecified atom stereocenters. The molecule has 1 aliphatic heterocycles. The van der Waals surface area contributed by atoms with Gasteiger partial charge >= 0.3 is 5.97 Å². The van der Waals surface area contributed by atoms with E-state index < -0.39 is 11.4 Å². The molecule has 1 amide bonds. The number of para-hydroxylation sites is 1. The predicted octanol–water partition coefficient (Wildman–Crippen LogP) is 3.29. The Bertz CT molecular complexity index is 809. The number of rotatable bonds is 5. The van der Waals surface area contributed by atoms with Crippen molar-refractivity contribution in [2.24, 2.45) is 5.41 Å². The van der Waals surface area contributed by atoms with Crippen LogP contribution in [0.4, 0.5) is 0 Å². The summed E-state index contributed by atoms with van der Waals surface area (Å²) in [7, 11) is 0. The third kappa shape index (κ3) is 3.26. The van der Waals surface area contributed by atoms with Gasteiger partial charge in [0.1, 0.15) is 5.58 Å². The molecule has 0 spiro atoms. The molecule has 1 atom stereocenters. The topological polar surface area (TPSA) is 80.0 Å². The van der Waals surface area contributed by atoms with E-state index in [2.05, 4.69) is 0 Å². The van der Waals surface area contributed by atoms with E-state index in [1.807, 2.05) is 38.1 Å². The van der Waals surface area contributed by atoms with E-state index in [4.69, 9.17) is 9.15 Å². The van der Waals surface area contributed by atoms with E-state index in [-0.39, 0.29) is 30.9 Å². The number of likely N-dealkylation sites (tertiary alicyclic amines) is 1. The number of nitrogens with zero attached hydrogens (tertiary/aromatic N) is 1. The first kappa shape index (κ1) is 17.5. The van der Waals surface area contributed by atoms with Crippen molar-refractivity contribution in [2.75, 3.05) is 13.1 Å². The number of ether oxygens (including phenoxy) is 1. The summed E-state index contributed by atoms with van der Waals surface area (Å²) in [5.74, 6) is -0.907. The number of furan rings is 1. The lowest BCUT2D eigenvalue weighted by molar-refractivity contribution is -0.147. The molecular weight excluding hydrogens is 322 g/mol. The maximum absolute atomic E-state index is 13.0. The van der Waals surface area contributed by atoms with Gasteiger partial charge in [0, 0.05) is 24.0 Å². The average Bonchev–Trinajstić information content (AvgIpc) is 3.14. The van der Waals surface area contributed by atoms with Gasteiger partial charge in [0.25, 0.3) is 5.91 Å². The van der Waals surface area contributed by atoms with E-state index in [9.17, 15) is 14.7 Å². The van der Waals surface area contributed by atoms with E-state index in [0.717, 1.165) is 10.9 Å². The number of carbonyl (C=O) groups is 2. The van der Waals surface area contributed by atoms with Gasteiger partial charge in [-0.15, -0.1) is 0 Å². The molecule has 2 aromatic rings. The van der Waals surface area contributed by atoms with Crippen molar-refractivity contribution >= 4 is 22.8 Å². The number of carboxylic acids is 1. The molecule has 3 rings (SSSR count). The Morgan fingerprint density at radius 1 is 1.36 bits per heavy atom. The second-order valence-electron chi connectivity index (χ2n) is 7.11. The Labute approximate surface area is 146 Å². The molecule has 0 aliphatic carbocycles. The maximum atomic E-state index is 13.0. The fourth-order valence-electron chi connectivity index (χ4n) is 3.12. The highest BCUT2D eigenvalue weighted by Crippen LogP contribution is 2.33. The van der Waals surface area contributed by atoms with Crippen LogP contribution in [-0.2, 0) is 16.1 Å². The Kier molecular flexibility index (Phi) is 4.56. The second-order valence-corrected chi connectivity index (χ2v) is 7.11. The lowest BCUT2D eigenvalue weighted by Crippen LogP contribution is -2.35. The summed E-state index contributed by atoms with van der Waals surface area (Å²) in [5, 5.41) is 10.2. The van der Waals surface area contributed by atoms with Crippen LogP contribution in [-0.4, -0.2) is 41.1 Å². The van der Waals surface area contributed by atoms with Crippen molar-refractivity contribution in [1.29, 1.82) is 0 Å². The molecule has 134 valence electrons. The van der Waals surface area contributed by atoms with Gasteiger partial charge in [-0.2, -0.15) is 0 Å². The molecule has 1 aromatic heterocycles. The number of carbonyl (C=O) groups excluding carboxylic acids is 1. The van der Waals surface area contributed by atoms with Crippen molar-refractivity contribution in [3.8, 4) is 0 Å². The van der Waals surface area contributed by atoms with E-state index in [0.29, 0.717) is 18.5 Å². The fourth-order valence-corrected chi connectivity index (χ4v) is 3.12. The summed E-state index contributed by atoms with van der Waals surface area (Å²) >= 11 is 0. The third-order valence-electron chi connectivity index (χ3n) is 4.73. The lowest BCUT2D eigenvalue weighted by atomic mass is 9.90. The van der Waals surface area contributed by atoms with Gasteiger partial charge in [-0.25, -0.2) is 0 Å². The molecule has 0 bridgehead atoms. The Morgan fingerprint density at radius 2 is 2.08 bits per heavy atom. The van der Waals surface area contributed by atoms with Gasteiger partial charge in [-0.1, -0.05) is 18.2 Å². The highest BCUT2D eigenvalue weighted by atomic mass is 16.5. The highest BCUT2D eigenvalue weighted by Gasteiger charge is 2.43. The second kappa shape index (κ2) is 6.52. The Morgan fingerprint density at radius 3 is 2.72 bits per heavy atom. The minimum absolute atomic E-state index is 0.0266. The molecule has 0 radical (unpaired) electrons. The fraction of sp³-hybridized carbons (Fsp3) is 0.474. The monoisotopic (exact) mass is 345 g/mol. The first-order valence-corrected chi connectivity index (χ1v) is 8.46. The molecule has 1 fully saturated rings. The van der Waals surface area contributed by atoms with Crippen LogP contribution >= 0.6 is 0 Å². The van der Waals surface area contributed by atoms with Gasteiger partial charge in [-0.05, 0) is 33.3 Å². The van der Waals surface area contributed by atoms with Crippen LogP contribution in [0.3, 0.4) is 0 Å². The molecule has 1 saturated heterocycles. The Hall–Kier alpha value is -2.34. The van der Waals surface area contributed by atoms with E-state index >= 15 is 0 Å². The molecule has 1 N–H and O–H groups in total. The first-order valence-electron chi connectivity index (χ1n) is 8.46. The van der Waals surface area contributed by atoms with Crippen molar-refractivity contribution in [1.82, 2.24) is 4.90 Å². The van der Waals surface area contributed by atoms with E-state index in [1.54, 1.807) is 11.8 Å². The van der Waals surface area contributed by atoms with Crippen LogP contribution in [0.1, 0.15) is 43.3 Å². The largest absolute Gasteiger partial charge is 0.481 e. The van der Waals surface area contributed by atoms with E-state index in [1.165, 1.54) is 0 Å². The van der Waals surface area contributed by atoms with Crippen molar-refractivity contribution in [3.05, 3.63) is 35.6 Å². The van der Waals surface area contributed by atoms with Gasteiger partial charge in [0.15, 0.2) is 5.76 Å². The van der Waals surface area contributed by atoms with Crippen molar-refractivity contribution < 1.29 is 23.8 Å². The molecule has 1 aromatic carbocycles. The molecular formula is C19H23NO5. The quantitative estimate of drug-likeness (QED) is 0.899. The third-order valence-corrected chi connectivity index (χ3v) is 4.73. The Balaban J connectivity index is 1.93. The summed E-state index contributed by atoms with van der Waals surface area (Å²) in [6.45, 7) is 6.40. The van der Waals surface area contributed by atoms with Crippen LogP contribution in [0, 0.1) is 5.41 Å². The predicted molar refractivity (Wildman–Crippen MR) is 92.4 cm³/mol. The van der Waals surface area contributed by atoms with Gasteiger partial charge in [0.05, 0.1) is 18.1 Å². The van der Waals surface area contributed by atoms with Crippen LogP contribution in [0.15, 0.2) is 28.7 Å². The minimum Gasteiger partial charge on any atom is -0.481 e. The van der Waals surface area contributed by atoms with Crippen molar-refractivity contribution in [3.63, 3.8) is 0 Å². The minimum atomic E-state index is -0.906. The van der Waals surface area contributed by atoms with Crippen LogP contribution < -0.4 is 0 Å². The number of hydrogen-bond acceptors (Lipinski definition) is 4. The molecule has 6 heteroatoms. The summed E-state index contributed by atoms with van der Waals surface area (Å²) in [6, 6.07) is 7.46. The summed E-state index contributed by atoms with van der Waals surface area (Å²) in [6.07, 6.45) is 0.463. The van der Waals surface area contributed by atoms with Crippen LogP contribution in [0.2, 0.25) is 0 Å². The van der Waals surface area contributed by atoms with Gasteiger partial charge in [-0.3, -0.25) is 9.59 Å². The smallest absolute Gasteiger partial charge is 0.311 e. The van der Waals surface area contributed by atoms with Crippen LogP contribution in [0.5, 0.6) is 0 Å². The van der Waals surface area contributed by atoms with Gasteiger partial charge in [0.2, 0.25) is 0 Å². The summed E-state index contributed by atoms with van der Waals surface area (Å²) in [4.78, 5) is 26.0. The summed E-state index contributed by atoms with van der Waals surface area (Å²) < 4.78 is 11.5. The molecule has 0 saturated carbocycles. The molecule has 6 nitrogen and oxygen atoms in total. The average molecular weight is 345 g/mol. The van der Waals surface area contributed by atoms with Crippen molar-refractivity contribution in [2.45, 2.75) is 39.9 Å². The van der Waals surface area contributed by atoms with Crippen LogP contribution in [0.25, 0.3) is 11.0 Å². The SMILES string of the molecule is CC(C)OCc1c(C(=O)N2CC[C@@](C)(C(=O)O)C2)oc2ccccc12. The normalized spacial score (nSPS) is 20.6. The number of carboxylic acid groups (broad SMARTS) is 1. The molecule has 2 heterocycles. The molecule has 25 heavy (non-hydrogen) atoms. The first-order chi connectivity index (χ1) is 11.8.